The summed E-state index contributed by atoms with van der Waals surface area (Å²) in [5, 5.41) is 11.9. The summed E-state index contributed by atoms with van der Waals surface area (Å²) in [5.74, 6) is 1.41. The number of aliphatic hydroxyl groups is 1. The molecule has 2 N–H and O–H groups in total. The lowest BCUT2D eigenvalue weighted by molar-refractivity contribution is -0.128. The Morgan fingerprint density at radius 1 is 1.19 bits per heavy atom. The van der Waals surface area contributed by atoms with Crippen molar-refractivity contribution in [3.8, 4) is 5.75 Å². The predicted octanol–water partition coefficient (Wildman–Crippen LogP) is 3.37. The van der Waals surface area contributed by atoms with E-state index >= 15 is 0 Å². The summed E-state index contributed by atoms with van der Waals surface area (Å²) in [7, 11) is 0. The van der Waals surface area contributed by atoms with Crippen LogP contribution in [0.2, 0.25) is 0 Å². The zero-order valence-electron chi connectivity index (χ0n) is 18.5. The molecule has 1 aliphatic rings. The van der Waals surface area contributed by atoms with Crippen LogP contribution < -0.4 is 10.1 Å². The van der Waals surface area contributed by atoms with E-state index in [9.17, 15) is 4.79 Å². The highest BCUT2D eigenvalue weighted by Crippen LogP contribution is 2.33. The molecule has 2 aromatic carbocycles. The van der Waals surface area contributed by atoms with Crippen LogP contribution >= 0.6 is 0 Å². The largest absolute Gasteiger partial charge is 0.494 e. The molecule has 2 aromatic rings. The minimum atomic E-state index is -1.03. The number of rotatable bonds is 10. The molecule has 0 aliphatic carbocycles. The van der Waals surface area contributed by atoms with Crippen LogP contribution in [0.1, 0.15) is 38.3 Å². The van der Waals surface area contributed by atoms with Crippen molar-refractivity contribution in [2.24, 2.45) is 10.9 Å². The van der Waals surface area contributed by atoms with E-state index in [-0.39, 0.29) is 12.5 Å². The fourth-order valence-electron chi connectivity index (χ4n) is 3.50. The van der Waals surface area contributed by atoms with Crippen molar-refractivity contribution in [3.05, 3.63) is 65.7 Å². The maximum absolute atomic E-state index is 13.3. The van der Waals surface area contributed by atoms with Gasteiger partial charge in [0.15, 0.2) is 5.54 Å². The van der Waals surface area contributed by atoms with Gasteiger partial charge in [0, 0.05) is 31.6 Å². The summed E-state index contributed by atoms with van der Waals surface area (Å²) in [4.78, 5) is 18.2. The molecular weight excluding hydrogens is 392 g/mol. The number of hydrogen-bond acceptors (Lipinski definition) is 5. The van der Waals surface area contributed by atoms with Crippen LogP contribution in [0.25, 0.3) is 0 Å². The second-order valence-electron chi connectivity index (χ2n) is 8.32. The smallest absolute Gasteiger partial charge is 0.252 e. The van der Waals surface area contributed by atoms with Crippen LogP contribution in [0, 0.1) is 5.92 Å². The number of hydrogen-bond donors (Lipinski definition) is 2. The number of benzene rings is 2. The van der Waals surface area contributed by atoms with E-state index in [4.69, 9.17) is 19.6 Å². The number of ether oxygens (including phenoxy) is 2. The van der Waals surface area contributed by atoms with Crippen LogP contribution in [-0.2, 0) is 16.0 Å². The van der Waals surface area contributed by atoms with Crippen LogP contribution in [0.3, 0.4) is 0 Å². The first-order valence-corrected chi connectivity index (χ1v) is 10.9. The summed E-state index contributed by atoms with van der Waals surface area (Å²) < 4.78 is 11.7. The third-order valence-electron chi connectivity index (χ3n) is 5.31. The minimum Gasteiger partial charge on any atom is -0.494 e. The average Bonchev–Trinajstić information content (AvgIpc) is 3.10. The van der Waals surface area contributed by atoms with Crippen LogP contribution in [0.4, 0.5) is 0 Å². The molecule has 166 valence electrons. The molecule has 0 spiro atoms. The van der Waals surface area contributed by atoms with Crippen LogP contribution in [0.5, 0.6) is 5.75 Å². The number of nitrogens with one attached hydrogen (secondary N) is 1. The molecule has 0 fully saturated rings. The van der Waals surface area contributed by atoms with Gasteiger partial charge in [0.25, 0.3) is 5.91 Å². The Bertz CT molecular complexity index is 880. The molecule has 6 nitrogen and oxygen atoms in total. The fourth-order valence-corrected chi connectivity index (χ4v) is 3.50. The number of aliphatic hydroxyl groups excluding tert-OH is 1. The highest BCUT2D eigenvalue weighted by Gasteiger charge is 2.50. The van der Waals surface area contributed by atoms with E-state index in [2.05, 4.69) is 19.2 Å². The molecule has 0 bridgehead atoms. The topological polar surface area (TPSA) is 80.2 Å². The number of carbonyl (C=O) groups excluding carboxylic acids is 1. The Morgan fingerprint density at radius 3 is 2.55 bits per heavy atom. The number of aliphatic imine (C=N–C) groups is 1. The standard InChI is InChI=1S/C25H32N2O4/c1-18(2)17-26-24(29)25(16-20-8-5-4-6-9-20)19(3)31-23(27-25)21-10-12-22(13-11-21)30-15-7-14-28/h4-6,8-13,18-19,28H,7,14-17H2,1-3H3,(H,26,29)/t19-,25-/m1/s1. The first-order valence-electron chi connectivity index (χ1n) is 10.9. The monoisotopic (exact) mass is 424 g/mol. The van der Waals surface area contributed by atoms with E-state index < -0.39 is 11.6 Å². The average molecular weight is 425 g/mol. The quantitative estimate of drug-likeness (QED) is 0.573. The molecule has 1 heterocycles. The highest BCUT2D eigenvalue weighted by molar-refractivity contribution is 6.00. The van der Waals surface area contributed by atoms with Gasteiger partial charge < -0.3 is 19.9 Å². The van der Waals surface area contributed by atoms with Gasteiger partial charge in [-0.15, -0.1) is 0 Å². The van der Waals surface area contributed by atoms with Gasteiger partial charge in [-0.1, -0.05) is 44.2 Å². The molecule has 6 heteroatoms. The predicted molar refractivity (Wildman–Crippen MR) is 121 cm³/mol. The lowest BCUT2D eigenvalue weighted by Crippen LogP contribution is -2.53. The Balaban J connectivity index is 1.86. The van der Waals surface area contributed by atoms with Gasteiger partial charge in [0.05, 0.1) is 6.61 Å². The zero-order chi connectivity index (χ0) is 22.3. The summed E-state index contributed by atoms with van der Waals surface area (Å²) in [6.45, 7) is 7.19. The first-order chi connectivity index (χ1) is 14.9. The van der Waals surface area contributed by atoms with Gasteiger partial charge in [-0.2, -0.15) is 0 Å². The third kappa shape index (κ3) is 5.64. The van der Waals surface area contributed by atoms with Crippen LogP contribution in [-0.4, -0.2) is 48.3 Å². The lowest BCUT2D eigenvalue weighted by Gasteiger charge is -2.28. The molecule has 0 radical (unpaired) electrons. The van der Waals surface area contributed by atoms with E-state index in [1.54, 1.807) is 0 Å². The van der Waals surface area contributed by atoms with Gasteiger partial charge in [0.1, 0.15) is 11.9 Å². The van der Waals surface area contributed by atoms with Gasteiger partial charge in [-0.25, -0.2) is 4.99 Å². The van der Waals surface area contributed by atoms with Crippen LogP contribution in [0.15, 0.2) is 59.6 Å². The molecule has 0 saturated carbocycles. The molecule has 0 unspecified atom stereocenters. The maximum atomic E-state index is 13.3. The summed E-state index contributed by atoms with van der Waals surface area (Å²) in [6, 6.07) is 17.4. The number of amides is 1. The van der Waals surface area contributed by atoms with Crippen molar-refractivity contribution in [2.75, 3.05) is 19.8 Å². The van der Waals surface area contributed by atoms with E-state index in [1.807, 2.05) is 61.5 Å². The van der Waals surface area contributed by atoms with E-state index in [1.165, 1.54) is 0 Å². The Morgan fingerprint density at radius 2 is 1.90 bits per heavy atom. The second kappa shape index (κ2) is 10.4. The Hall–Kier alpha value is -2.86. The molecule has 1 amide bonds. The first kappa shape index (κ1) is 22.8. The molecule has 31 heavy (non-hydrogen) atoms. The number of nitrogens with zero attached hydrogens (tertiary/aromatic N) is 1. The molecule has 2 atom stereocenters. The normalized spacial score (nSPS) is 20.3. The van der Waals surface area contributed by atoms with Crippen molar-refractivity contribution < 1.29 is 19.4 Å². The lowest BCUT2D eigenvalue weighted by atomic mass is 9.86. The maximum Gasteiger partial charge on any atom is 0.252 e. The third-order valence-corrected chi connectivity index (χ3v) is 5.31. The van der Waals surface area contributed by atoms with Gasteiger partial charge >= 0.3 is 0 Å². The molecule has 0 aromatic heterocycles. The zero-order valence-corrected chi connectivity index (χ0v) is 18.5. The summed E-state index contributed by atoms with van der Waals surface area (Å²) in [5.41, 5.74) is 0.810. The fraction of sp³-hybridized carbons (Fsp3) is 0.440. The van der Waals surface area contributed by atoms with Gasteiger partial charge in [-0.05, 0) is 42.7 Å². The van der Waals surface area contributed by atoms with Crippen molar-refractivity contribution >= 4 is 11.8 Å². The molecular formula is C25H32N2O4. The Labute approximate surface area is 184 Å². The molecule has 0 saturated heterocycles. The van der Waals surface area contributed by atoms with Crippen molar-refractivity contribution in [3.63, 3.8) is 0 Å². The van der Waals surface area contributed by atoms with Crippen molar-refractivity contribution in [1.29, 1.82) is 0 Å². The minimum absolute atomic E-state index is 0.100. The van der Waals surface area contributed by atoms with Crippen molar-refractivity contribution in [1.82, 2.24) is 5.32 Å². The summed E-state index contributed by atoms with van der Waals surface area (Å²) >= 11 is 0. The molecule has 1 aliphatic heterocycles. The second-order valence-corrected chi connectivity index (χ2v) is 8.32. The van der Waals surface area contributed by atoms with Crippen molar-refractivity contribution in [2.45, 2.75) is 45.3 Å². The van der Waals surface area contributed by atoms with E-state index in [0.717, 1.165) is 11.1 Å². The van der Waals surface area contributed by atoms with E-state index in [0.29, 0.717) is 43.6 Å². The number of carbonyl (C=O) groups is 1. The molecule has 3 rings (SSSR count). The Kier molecular flexibility index (Phi) is 7.69. The highest BCUT2D eigenvalue weighted by atomic mass is 16.5. The van der Waals surface area contributed by atoms with Gasteiger partial charge in [-0.3, -0.25) is 4.79 Å². The van der Waals surface area contributed by atoms with Gasteiger partial charge in [0.2, 0.25) is 5.90 Å². The SMILES string of the molecule is CC(C)CNC(=O)[C@]1(Cc2ccccc2)N=C(c2ccc(OCCCO)cc2)O[C@@H]1C. The summed E-state index contributed by atoms with van der Waals surface area (Å²) in [6.07, 6.45) is 0.642.